The Bertz CT molecular complexity index is 937. The molecule has 7 nitrogen and oxygen atoms in total. The molecule has 1 aromatic carbocycles. The molecule has 2 aromatic rings. The molecule has 1 N–H and O–H groups in total. The number of sulfonamides is 1. The van der Waals surface area contributed by atoms with E-state index in [1.54, 1.807) is 18.3 Å². The number of carbonyl (C=O) groups is 1. The van der Waals surface area contributed by atoms with Crippen LogP contribution in [0.25, 0.3) is 0 Å². The molecule has 1 aliphatic heterocycles. The first-order chi connectivity index (χ1) is 13.3. The number of benzene rings is 1. The van der Waals surface area contributed by atoms with Crippen molar-refractivity contribution >= 4 is 27.3 Å². The van der Waals surface area contributed by atoms with E-state index < -0.39 is 10.0 Å². The minimum atomic E-state index is -3.19. The summed E-state index contributed by atoms with van der Waals surface area (Å²) in [5.41, 5.74) is 3.28. The van der Waals surface area contributed by atoms with Crippen molar-refractivity contribution in [2.24, 2.45) is 0 Å². The van der Waals surface area contributed by atoms with Crippen LogP contribution >= 0.6 is 0 Å². The summed E-state index contributed by atoms with van der Waals surface area (Å²) in [6.45, 7) is 6.25. The van der Waals surface area contributed by atoms with Crippen LogP contribution in [0.4, 0.5) is 11.4 Å². The van der Waals surface area contributed by atoms with Gasteiger partial charge in [-0.05, 0) is 35.7 Å². The molecule has 1 aromatic heterocycles. The summed E-state index contributed by atoms with van der Waals surface area (Å²) in [6, 6.07) is 9.46. The zero-order chi connectivity index (χ0) is 20.3. The highest BCUT2D eigenvalue weighted by atomic mass is 32.2. The lowest BCUT2D eigenvalue weighted by Gasteiger charge is -2.36. The van der Waals surface area contributed by atoms with E-state index in [1.807, 2.05) is 12.1 Å². The highest BCUT2D eigenvalue weighted by Gasteiger charge is 2.25. The first kappa shape index (κ1) is 20.3. The topological polar surface area (TPSA) is 82.6 Å². The van der Waals surface area contributed by atoms with Crippen LogP contribution in [-0.4, -0.2) is 56.0 Å². The first-order valence-corrected chi connectivity index (χ1v) is 11.2. The molecule has 0 atom stereocenters. The predicted molar refractivity (Wildman–Crippen MR) is 111 cm³/mol. The fourth-order valence-corrected chi connectivity index (χ4v) is 4.05. The number of rotatable bonds is 5. The summed E-state index contributed by atoms with van der Waals surface area (Å²) in [7, 11) is -3.19. The Morgan fingerprint density at radius 1 is 1.14 bits per heavy atom. The number of piperazine rings is 1. The van der Waals surface area contributed by atoms with Crippen LogP contribution in [0, 0.1) is 0 Å². The number of nitrogens with zero attached hydrogens (tertiary/aromatic N) is 3. The molecule has 1 amide bonds. The minimum absolute atomic E-state index is 0.221. The number of nitrogens with one attached hydrogen (secondary N) is 1. The van der Waals surface area contributed by atoms with Gasteiger partial charge in [0.1, 0.15) is 0 Å². The summed E-state index contributed by atoms with van der Waals surface area (Å²) in [6.07, 6.45) is 4.39. The Morgan fingerprint density at radius 2 is 1.86 bits per heavy atom. The molecule has 0 saturated carbocycles. The third-order valence-electron chi connectivity index (χ3n) is 4.91. The van der Waals surface area contributed by atoms with E-state index in [1.165, 1.54) is 22.3 Å². The molecule has 150 valence electrons. The van der Waals surface area contributed by atoms with Gasteiger partial charge in [-0.15, -0.1) is 0 Å². The predicted octanol–water partition coefficient (Wildman–Crippen LogP) is 2.54. The van der Waals surface area contributed by atoms with Gasteiger partial charge in [0.05, 0.1) is 23.2 Å². The van der Waals surface area contributed by atoms with E-state index in [0.717, 1.165) is 5.69 Å². The molecule has 1 aliphatic rings. The molecule has 0 spiro atoms. The van der Waals surface area contributed by atoms with Gasteiger partial charge in [-0.3, -0.25) is 9.78 Å². The summed E-state index contributed by atoms with van der Waals surface area (Å²) < 4.78 is 25.1. The van der Waals surface area contributed by atoms with E-state index in [9.17, 15) is 13.2 Å². The van der Waals surface area contributed by atoms with Crippen LogP contribution in [0.15, 0.2) is 42.7 Å². The Kier molecular flexibility index (Phi) is 6.00. The Balaban J connectivity index is 1.86. The molecule has 1 saturated heterocycles. The van der Waals surface area contributed by atoms with Crippen molar-refractivity contribution in [1.82, 2.24) is 9.29 Å². The maximum Gasteiger partial charge on any atom is 0.257 e. The van der Waals surface area contributed by atoms with Crippen molar-refractivity contribution in [3.63, 3.8) is 0 Å². The van der Waals surface area contributed by atoms with Crippen molar-refractivity contribution in [3.8, 4) is 0 Å². The van der Waals surface area contributed by atoms with Crippen LogP contribution in [0.2, 0.25) is 0 Å². The molecule has 2 heterocycles. The van der Waals surface area contributed by atoms with Crippen LogP contribution in [-0.2, 0) is 10.0 Å². The average Bonchev–Trinajstić information content (AvgIpc) is 2.68. The summed E-state index contributed by atoms with van der Waals surface area (Å²) >= 11 is 0. The van der Waals surface area contributed by atoms with Gasteiger partial charge < -0.3 is 10.2 Å². The molecule has 0 aliphatic carbocycles. The highest BCUT2D eigenvalue weighted by Crippen LogP contribution is 2.31. The lowest BCUT2D eigenvalue weighted by molar-refractivity contribution is 0.102. The van der Waals surface area contributed by atoms with Crippen LogP contribution in [0.1, 0.15) is 35.7 Å². The highest BCUT2D eigenvalue weighted by molar-refractivity contribution is 7.88. The van der Waals surface area contributed by atoms with Crippen LogP contribution in [0.5, 0.6) is 0 Å². The summed E-state index contributed by atoms with van der Waals surface area (Å²) in [4.78, 5) is 18.7. The number of hydrogen-bond donors (Lipinski definition) is 1. The molecule has 0 bridgehead atoms. The number of carbonyl (C=O) groups excluding carboxylic acids is 1. The van der Waals surface area contributed by atoms with Crippen molar-refractivity contribution in [1.29, 1.82) is 0 Å². The smallest absolute Gasteiger partial charge is 0.257 e. The maximum absolute atomic E-state index is 12.6. The number of hydrogen-bond acceptors (Lipinski definition) is 5. The van der Waals surface area contributed by atoms with Gasteiger partial charge >= 0.3 is 0 Å². The second-order valence-corrected chi connectivity index (χ2v) is 9.26. The second-order valence-electron chi connectivity index (χ2n) is 7.28. The van der Waals surface area contributed by atoms with Crippen molar-refractivity contribution in [3.05, 3.63) is 53.9 Å². The van der Waals surface area contributed by atoms with Gasteiger partial charge in [-0.1, -0.05) is 19.9 Å². The zero-order valence-corrected chi connectivity index (χ0v) is 17.2. The van der Waals surface area contributed by atoms with E-state index in [-0.39, 0.29) is 5.91 Å². The van der Waals surface area contributed by atoms with E-state index in [4.69, 9.17) is 0 Å². The Labute approximate surface area is 166 Å². The van der Waals surface area contributed by atoms with E-state index >= 15 is 0 Å². The minimum Gasteiger partial charge on any atom is -0.367 e. The van der Waals surface area contributed by atoms with Gasteiger partial charge in [0, 0.05) is 38.6 Å². The molecule has 28 heavy (non-hydrogen) atoms. The van der Waals surface area contributed by atoms with Gasteiger partial charge in [0.15, 0.2) is 0 Å². The Hall–Kier alpha value is -2.45. The molecule has 0 radical (unpaired) electrons. The largest absolute Gasteiger partial charge is 0.367 e. The van der Waals surface area contributed by atoms with Gasteiger partial charge in [0.2, 0.25) is 10.0 Å². The SMILES string of the molecule is CC(C)c1ccc(NC(=O)c2cccnc2)c(N2CCN(S(C)(=O)=O)CC2)c1. The molecular weight excluding hydrogens is 376 g/mol. The monoisotopic (exact) mass is 402 g/mol. The number of pyridine rings is 1. The fourth-order valence-electron chi connectivity index (χ4n) is 3.23. The van der Waals surface area contributed by atoms with Crippen LogP contribution < -0.4 is 10.2 Å². The van der Waals surface area contributed by atoms with Gasteiger partial charge in [0.25, 0.3) is 5.91 Å². The molecule has 0 unspecified atom stereocenters. The zero-order valence-electron chi connectivity index (χ0n) is 16.4. The summed E-state index contributed by atoms with van der Waals surface area (Å²) in [5, 5.41) is 2.98. The number of aromatic nitrogens is 1. The Morgan fingerprint density at radius 3 is 2.43 bits per heavy atom. The molecule has 3 rings (SSSR count). The number of anilines is 2. The van der Waals surface area contributed by atoms with Crippen molar-refractivity contribution < 1.29 is 13.2 Å². The normalized spacial score (nSPS) is 15.6. The standard InChI is InChI=1S/C20H26N4O3S/c1-15(2)16-6-7-18(22-20(25)17-5-4-8-21-14-17)19(13-16)23-9-11-24(12-10-23)28(3,26)27/h4-8,13-15H,9-12H2,1-3H3,(H,22,25). The van der Waals surface area contributed by atoms with Crippen molar-refractivity contribution in [2.75, 3.05) is 42.7 Å². The quantitative estimate of drug-likeness (QED) is 0.831. The van der Waals surface area contributed by atoms with Gasteiger partial charge in [-0.25, -0.2) is 8.42 Å². The van der Waals surface area contributed by atoms with Gasteiger partial charge in [-0.2, -0.15) is 4.31 Å². The fraction of sp³-hybridized carbons (Fsp3) is 0.400. The lowest BCUT2D eigenvalue weighted by atomic mass is 10.0. The summed E-state index contributed by atoms with van der Waals surface area (Å²) in [5.74, 6) is 0.126. The maximum atomic E-state index is 12.6. The molecule has 8 heteroatoms. The molecule has 1 fully saturated rings. The number of amides is 1. The van der Waals surface area contributed by atoms with Crippen LogP contribution in [0.3, 0.4) is 0 Å². The van der Waals surface area contributed by atoms with E-state index in [2.05, 4.69) is 35.1 Å². The second kappa shape index (κ2) is 8.28. The third kappa shape index (κ3) is 4.69. The first-order valence-electron chi connectivity index (χ1n) is 9.31. The third-order valence-corrected chi connectivity index (χ3v) is 6.21. The van der Waals surface area contributed by atoms with E-state index in [0.29, 0.717) is 43.3 Å². The average molecular weight is 403 g/mol. The van der Waals surface area contributed by atoms with Crippen molar-refractivity contribution in [2.45, 2.75) is 19.8 Å². The lowest BCUT2D eigenvalue weighted by Crippen LogP contribution is -2.48. The molecular formula is C20H26N4O3S.